The molecule has 0 amide bonds. The number of halogens is 1. The van der Waals surface area contributed by atoms with Crippen LogP contribution in [0.3, 0.4) is 0 Å². The van der Waals surface area contributed by atoms with E-state index >= 15 is 0 Å². The number of nitrogens with one attached hydrogen (secondary N) is 1. The van der Waals surface area contributed by atoms with Gasteiger partial charge in [-0.2, -0.15) is 0 Å². The average Bonchev–Trinajstić information content (AvgIpc) is 2.74. The maximum Gasteiger partial charge on any atom is 0.107 e. The van der Waals surface area contributed by atoms with Crippen molar-refractivity contribution < 1.29 is 0 Å². The van der Waals surface area contributed by atoms with E-state index in [0.29, 0.717) is 17.0 Å². The van der Waals surface area contributed by atoms with Gasteiger partial charge in [-0.25, -0.2) is 0 Å². The Hall–Kier alpha value is -1.16. The van der Waals surface area contributed by atoms with Crippen molar-refractivity contribution in [2.75, 3.05) is 6.54 Å². The molecule has 0 spiro atoms. The molecule has 2 aliphatic heterocycles. The monoisotopic (exact) mass is 290 g/mol. The van der Waals surface area contributed by atoms with Gasteiger partial charge < -0.3 is 11.1 Å². The summed E-state index contributed by atoms with van der Waals surface area (Å²) in [5, 5.41) is 5.52. The fourth-order valence-electron chi connectivity index (χ4n) is 2.30. The zero-order chi connectivity index (χ0) is 13.2. The van der Waals surface area contributed by atoms with Gasteiger partial charge in [-0.3, -0.25) is 0 Å². The molecule has 3 N–H and O–H groups in total. The van der Waals surface area contributed by atoms with Crippen LogP contribution in [0.25, 0.3) is 5.57 Å². The molecule has 1 aromatic rings. The Labute approximate surface area is 122 Å². The Kier molecular flexibility index (Phi) is 3.69. The SMILES string of the molecule is NCC1CC2=C(NC(Cl)=CC(c3ccccc3)=C2)S1. The van der Waals surface area contributed by atoms with Crippen LogP contribution in [0.5, 0.6) is 0 Å². The summed E-state index contributed by atoms with van der Waals surface area (Å²) in [6.45, 7) is 0.690. The molecule has 0 aliphatic carbocycles. The van der Waals surface area contributed by atoms with Gasteiger partial charge >= 0.3 is 0 Å². The minimum atomic E-state index is 0.452. The van der Waals surface area contributed by atoms with Gasteiger partial charge in [0.05, 0.1) is 5.03 Å². The molecule has 1 unspecified atom stereocenters. The molecular formula is C15H15ClN2S. The minimum absolute atomic E-state index is 0.452. The van der Waals surface area contributed by atoms with Crippen LogP contribution in [-0.4, -0.2) is 11.8 Å². The molecule has 0 bridgehead atoms. The van der Waals surface area contributed by atoms with E-state index in [1.807, 2.05) is 24.3 Å². The van der Waals surface area contributed by atoms with Crippen molar-refractivity contribution in [3.05, 3.63) is 63.8 Å². The number of hydrogen-bond donors (Lipinski definition) is 2. The van der Waals surface area contributed by atoms with Crippen LogP contribution < -0.4 is 11.1 Å². The van der Waals surface area contributed by atoms with Crippen LogP contribution in [0.2, 0.25) is 0 Å². The number of thioether (sulfide) groups is 1. The van der Waals surface area contributed by atoms with Crippen LogP contribution in [0.1, 0.15) is 12.0 Å². The second kappa shape index (κ2) is 5.45. The first-order valence-corrected chi connectivity index (χ1v) is 7.53. The molecule has 0 saturated carbocycles. The van der Waals surface area contributed by atoms with Crippen molar-refractivity contribution >= 4 is 28.9 Å². The maximum atomic E-state index is 6.25. The third kappa shape index (κ3) is 2.73. The quantitative estimate of drug-likeness (QED) is 0.820. The molecule has 2 heterocycles. The predicted molar refractivity (Wildman–Crippen MR) is 83.6 cm³/mol. The lowest BCUT2D eigenvalue weighted by atomic mass is 10.0. The minimum Gasteiger partial charge on any atom is -0.341 e. The Morgan fingerprint density at radius 2 is 2.05 bits per heavy atom. The van der Waals surface area contributed by atoms with E-state index in [0.717, 1.165) is 17.0 Å². The molecule has 98 valence electrons. The van der Waals surface area contributed by atoms with Gasteiger partial charge in [0.2, 0.25) is 0 Å². The fourth-order valence-corrected chi connectivity index (χ4v) is 3.72. The van der Waals surface area contributed by atoms with Gasteiger partial charge in [0.15, 0.2) is 0 Å². The molecule has 0 saturated heterocycles. The van der Waals surface area contributed by atoms with E-state index in [9.17, 15) is 0 Å². The van der Waals surface area contributed by atoms with E-state index in [4.69, 9.17) is 17.3 Å². The second-order valence-corrected chi connectivity index (χ2v) is 6.33. The molecule has 1 atom stereocenters. The summed E-state index contributed by atoms with van der Waals surface area (Å²) in [5.41, 5.74) is 9.38. The molecule has 1 aromatic carbocycles. The number of hydrogen-bond acceptors (Lipinski definition) is 3. The molecule has 19 heavy (non-hydrogen) atoms. The zero-order valence-corrected chi connectivity index (χ0v) is 12.0. The fraction of sp³-hybridized carbons (Fsp3) is 0.200. The smallest absolute Gasteiger partial charge is 0.107 e. The van der Waals surface area contributed by atoms with Crippen molar-refractivity contribution in [1.82, 2.24) is 5.32 Å². The van der Waals surface area contributed by atoms with Crippen molar-refractivity contribution in [1.29, 1.82) is 0 Å². The van der Waals surface area contributed by atoms with E-state index < -0.39 is 0 Å². The Morgan fingerprint density at radius 3 is 2.79 bits per heavy atom. The third-order valence-corrected chi connectivity index (χ3v) is 4.73. The number of nitrogens with two attached hydrogens (primary N) is 1. The third-order valence-electron chi connectivity index (χ3n) is 3.24. The topological polar surface area (TPSA) is 38.0 Å². The molecule has 4 heteroatoms. The number of benzene rings is 1. The lowest BCUT2D eigenvalue weighted by Gasteiger charge is -2.08. The number of allylic oxidation sites excluding steroid dienone is 4. The van der Waals surface area contributed by atoms with Crippen LogP contribution in [0.15, 0.2) is 58.2 Å². The first-order valence-electron chi connectivity index (χ1n) is 6.27. The largest absolute Gasteiger partial charge is 0.341 e. The van der Waals surface area contributed by atoms with Gasteiger partial charge in [-0.1, -0.05) is 41.9 Å². The molecular weight excluding hydrogens is 276 g/mol. The first kappa shape index (κ1) is 12.9. The normalized spacial score (nSPS) is 22.3. The van der Waals surface area contributed by atoms with Crippen LogP contribution in [-0.2, 0) is 0 Å². The van der Waals surface area contributed by atoms with E-state index in [1.165, 1.54) is 11.1 Å². The van der Waals surface area contributed by atoms with Crippen molar-refractivity contribution in [2.45, 2.75) is 11.7 Å². The van der Waals surface area contributed by atoms with Crippen molar-refractivity contribution in [3.8, 4) is 0 Å². The standard InChI is InChI=1S/C15H15ClN2S/c16-14-8-11(10-4-2-1-3-5-10)6-12-7-13(9-17)19-15(12)18-14/h1-6,8,13,18H,7,9,17H2. The Balaban J connectivity index is 1.98. The highest BCUT2D eigenvalue weighted by molar-refractivity contribution is 8.03. The number of rotatable bonds is 2. The van der Waals surface area contributed by atoms with Crippen LogP contribution in [0, 0.1) is 0 Å². The Bertz CT molecular complexity index is 575. The van der Waals surface area contributed by atoms with Gasteiger partial charge in [0.25, 0.3) is 0 Å². The van der Waals surface area contributed by atoms with E-state index in [1.54, 1.807) is 11.8 Å². The summed E-state index contributed by atoms with van der Waals surface area (Å²) >= 11 is 8.04. The summed E-state index contributed by atoms with van der Waals surface area (Å²) in [4.78, 5) is 0. The zero-order valence-electron chi connectivity index (χ0n) is 10.4. The van der Waals surface area contributed by atoms with E-state index in [2.05, 4.69) is 23.5 Å². The lowest BCUT2D eigenvalue weighted by Crippen LogP contribution is -2.14. The predicted octanol–water partition coefficient (Wildman–Crippen LogP) is 3.43. The molecule has 2 nitrogen and oxygen atoms in total. The highest BCUT2D eigenvalue weighted by Gasteiger charge is 2.25. The molecule has 2 aliphatic rings. The van der Waals surface area contributed by atoms with Crippen molar-refractivity contribution in [2.24, 2.45) is 5.73 Å². The highest BCUT2D eigenvalue weighted by Crippen LogP contribution is 2.40. The second-order valence-electron chi connectivity index (χ2n) is 4.62. The van der Waals surface area contributed by atoms with Crippen LogP contribution >= 0.6 is 23.4 Å². The summed E-state index contributed by atoms with van der Waals surface area (Å²) < 4.78 is 0. The lowest BCUT2D eigenvalue weighted by molar-refractivity contribution is 0.870. The average molecular weight is 291 g/mol. The van der Waals surface area contributed by atoms with Gasteiger partial charge in [0.1, 0.15) is 5.16 Å². The molecule has 3 rings (SSSR count). The summed E-state index contributed by atoms with van der Waals surface area (Å²) in [5.74, 6) is 0. The first-order chi connectivity index (χ1) is 9.26. The van der Waals surface area contributed by atoms with Gasteiger partial charge in [-0.15, -0.1) is 11.8 Å². The molecule has 0 radical (unpaired) electrons. The van der Waals surface area contributed by atoms with E-state index in [-0.39, 0.29) is 0 Å². The molecule has 0 aromatic heterocycles. The summed E-state index contributed by atoms with van der Waals surface area (Å²) in [6.07, 6.45) is 5.20. The van der Waals surface area contributed by atoms with Crippen LogP contribution in [0.4, 0.5) is 0 Å². The van der Waals surface area contributed by atoms with Crippen molar-refractivity contribution in [3.63, 3.8) is 0 Å². The Morgan fingerprint density at radius 1 is 1.26 bits per heavy atom. The summed E-state index contributed by atoms with van der Waals surface area (Å²) in [6, 6.07) is 10.3. The maximum absolute atomic E-state index is 6.25. The highest BCUT2D eigenvalue weighted by atomic mass is 35.5. The summed E-state index contributed by atoms with van der Waals surface area (Å²) in [7, 11) is 0. The van der Waals surface area contributed by atoms with Gasteiger partial charge in [-0.05, 0) is 35.3 Å². The van der Waals surface area contributed by atoms with Gasteiger partial charge in [0, 0.05) is 11.8 Å². The molecule has 0 fully saturated rings.